The molecule has 1 aromatic carbocycles. The second-order valence-corrected chi connectivity index (χ2v) is 6.20. The van der Waals surface area contributed by atoms with E-state index in [1.807, 2.05) is 7.11 Å². The fourth-order valence-corrected chi connectivity index (χ4v) is 3.34. The molecule has 0 spiro atoms. The molecule has 2 heteroatoms. The third-order valence-electron chi connectivity index (χ3n) is 4.68. The van der Waals surface area contributed by atoms with Crippen LogP contribution in [0.4, 0.5) is 0 Å². The second-order valence-electron chi connectivity index (χ2n) is 6.20. The van der Waals surface area contributed by atoms with Crippen molar-refractivity contribution >= 4 is 0 Å². The van der Waals surface area contributed by atoms with Crippen LogP contribution in [-0.4, -0.2) is 19.3 Å². The number of hydrogen-bond acceptors (Lipinski definition) is 2. The molecule has 3 unspecified atom stereocenters. The molecular weight excluding hydrogens is 234 g/mol. The molecular formula is C17H25NO. The van der Waals surface area contributed by atoms with E-state index in [2.05, 4.69) is 36.5 Å². The van der Waals surface area contributed by atoms with E-state index in [9.17, 15) is 0 Å². The highest BCUT2D eigenvalue weighted by molar-refractivity contribution is 5.25. The highest BCUT2D eigenvalue weighted by Gasteiger charge is 2.36. The van der Waals surface area contributed by atoms with E-state index in [0.717, 1.165) is 5.92 Å². The molecule has 0 radical (unpaired) electrons. The summed E-state index contributed by atoms with van der Waals surface area (Å²) in [6.45, 7) is 2.15. The van der Waals surface area contributed by atoms with Crippen molar-refractivity contribution in [2.75, 3.05) is 7.11 Å². The van der Waals surface area contributed by atoms with Crippen molar-refractivity contribution in [1.29, 1.82) is 0 Å². The minimum Gasteiger partial charge on any atom is -0.380 e. The van der Waals surface area contributed by atoms with Gasteiger partial charge in [-0.15, -0.1) is 0 Å². The molecule has 2 aliphatic rings. The van der Waals surface area contributed by atoms with Crippen molar-refractivity contribution in [2.45, 2.75) is 57.2 Å². The van der Waals surface area contributed by atoms with Gasteiger partial charge in [0.15, 0.2) is 0 Å². The van der Waals surface area contributed by atoms with Gasteiger partial charge >= 0.3 is 0 Å². The molecule has 0 bridgehead atoms. The van der Waals surface area contributed by atoms with Crippen LogP contribution in [0.25, 0.3) is 0 Å². The Bertz CT molecular complexity index is 410. The van der Waals surface area contributed by atoms with Crippen molar-refractivity contribution in [3.8, 4) is 0 Å². The zero-order chi connectivity index (χ0) is 13.2. The number of methoxy groups -OCH3 is 1. The van der Waals surface area contributed by atoms with Crippen LogP contribution in [0.15, 0.2) is 24.3 Å². The van der Waals surface area contributed by atoms with E-state index in [1.54, 1.807) is 0 Å². The summed E-state index contributed by atoms with van der Waals surface area (Å²) < 4.78 is 5.62. The van der Waals surface area contributed by atoms with Crippen LogP contribution < -0.4 is 5.32 Å². The van der Waals surface area contributed by atoms with Crippen LogP contribution in [0.1, 0.15) is 49.3 Å². The average Bonchev–Trinajstić information content (AvgIpc) is 3.17. The Balaban J connectivity index is 1.72. The summed E-state index contributed by atoms with van der Waals surface area (Å²) in [6.07, 6.45) is 6.91. The van der Waals surface area contributed by atoms with E-state index >= 15 is 0 Å². The molecule has 0 amide bonds. The van der Waals surface area contributed by atoms with Gasteiger partial charge in [0.05, 0.1) is 6.10 Å². The maximum absolute atomic E-state index is 5.62. The van der Waals surface area contributed by atoms with E-state index in [-0.39, 0.29) is 0 Å². The molecule has 0 saturated heterocycles. The topological polar surface area (TPSA) is 21.3 Å². The molecule has 0 aliphatic heterocycles. The molecule has 3 rings (SSSR count). The smallest absolute Gasteiger partial charge is 0.0724 e. The third-order valence-corrected chi connectivity index (χ3v) is 4.68. The van der Waals surface area contributed by atoms with Crippen LogP contribution in [0.2, 0.25) is 0 Å². The van der Waals surface area contributed by atoms with Gasteiger partial charge in [0, 0.05) is 19.2 Å². The first-order valence-electron chi connectivity index (χ1n) is 7.63. The van der Waals surface area contributed by atoms with Crippen molar-refractivity contribution in [1.82, 2.24) is 5.32 Å². The Morgan fingerprint density at radius 2 is 1.84 bits per heavy atom. The van der Waals surface area contributed by atoms with Crippen LogP contribution in [0.3, 0.4) is 0 Å². The lowest BCUT2D eigenvalue weighted by Gasteiger charge is -2.27. The van der Waals surface area contributed by atoms with Gasteiger partial charge in [0.25, 0.3) is 0 Å². The van der Waals surface area contributed by atoms with Gasteiger partial charge in [-0.25, -0.2) is 0 Å². The first-order chi connectivity index (χ1) is 9.28. The fraction of sp³-hybridized carbons (Fsp3) is 0.647. The van der Waals surface area contributed by atoms with Gasteiger partial charge in [0.2, 0.25) is 0 Å². The van der Waals surface area contributed by atoms with E-state index < -0.39 is 0 Å². The average molecular weight is 259 g/mol. The third kappa shape index (κ3) is 3.01. The normalized spacial score (nSPS) is 28.5. The molecule has 1 aromatic rings. The maximum atomic E-state index is 5.62. The van der Waals surface area contributed by atoms with Crippen LogP contribution in [-0.2, 0) is 4.74 Å². The van der Waals surface area contributed by atoms with Gasteiger partial charge in [-0.3, -0.25) is 0 Å². The summed E-state index contributed by atoms with van der Waals surface area (Å²) >= 11 is 0. The van der Waals surface area contributed by atoms with Crippen LogP contribution in [0, 0.1) is 12.8 Å². The Morgan fingerprint density at radius 1 is 1.11 bits per heavy atom. The summed E-state index contributed by atoms with van der Waals surface area (Å²) in [7, 11) is 1.85. The molecule has 1 N–H and O–H groups in total. The highest BCUT2D eigenvalue weighted by Crippen LogP contribution is 2.42. The predicted octanol–water partition coefficient (Wildman–Crippen LogP) is 3.60. The van der Waals surface area contributed by atoms with Gasteiger partial charge in [-0.1, -0.05) is 29.8 Å². The van der Waals surface area contributed by atoms with Crippen LogP contribution >= 0.6 is 0 Å². The zero-order valence-corrected chi connectivity index (χ0v) is 12.1. The van der Waals surface area contributed by atoms with Crippen molar-refractivity contribution in [2.24, 2.45) is 5.92 Å². The Hall–Kier alpha value is -0.860. The van der Waals surface area contributed by atoms with Crippen molar-refractivity contribution in [3.05, 3.63) is 35.4 Å². The summed E-state index contributed by atoms with van der Waals surface area (Å²) in [6, 6.07) is 10.1. The summed E-state index contributed by atoms with van der Waals surface area (Å²) in [5, 5.41) is 3.89. The Labute approximate surface area is 116 Å². The summed E-state index contributed by atoms with van der Waals surface area (Å²) in [5.74, 6) is 0.834. The number of benzene rings is 1. The minimum atomic E-state index is 0.409. The first-order valence-corrected chi connectivity index (χ1v) is 7.63. The van der Waals surface area contributed by atoms with E-state index in [0.29, 0.717) is 18.2 Å². The Kier molecular flexibility index (Phi) is 3.90. The van der Waals surface area contributed by atoms with Gasteiger partial charge in [-0.2, -0.15) is 0 Å². The van der Waals surface area contributed by atoms with Crippen LogP contribution in [0.5, 0.6) is 0 Å². The molecule has 2 fully saturated rings. The summed E-state index contributed by atoms with van der Waals surface area (Å²) in [4.78, 5) is 0. The summed E-state index contributed by atoms with van der Waals surface area (Å²) in [5.41, 5.74) is 2.80. The number of hydrogen-bond donors (Lipinski definition) is 1. The molecule has 19 heavy (non-hydrogen) atoms. The van der Waals surface area contributed by atoms with Gasteiger partial charge in [0.1, 0.15) is 0 Å². The lowest BCUT2D eigenvalue weighted by Crippen LogP contribution is -2.40. The number of aryl methyl sites for hydroxylation is 1. The van der Waals surface area contributed by atoms with E-state index in [1.165, 1.54) is 43.2 Å². The van der Waals surface area contributed by atoms with Crippen molar-refractivity contribution in [3.63, 3.8) is 0 Å². The second kappa shape index (κ2) is 5.64. The van der Waals surface area contributed by atoms with E-state index in [4.69, 9.17) is 4.74 Å². The molecule has 2 saturated carbocycles. The minimum absolute atomic E-state index is 0.409. The standard InChI is InChI=1S/C17H25NO/c1-12-6-8-13(9-7-12)17(14-10-11-14)18-15-4-3-5-16(15)19-2/h6-9,14-18H,3-5,10-11H2,1-2H3. The molecule has 0 heterocycles. The lowest BCUT2D eigenvalue weighted by atomic mass is 9.99. The number of rotatable bonds is 5. The Morgan fingerprint density at radius 3 is 2.47 bits per heavy atom. The van der Waals surface area contributed by atoms with Gasteiger partial charge < -0.3 is 10.1 Å². The predicted molar refractivity (Wildman–Crippen MR) is 78.2 cm³/mol. The fourth-order valence-electron chi connectivity index (χ4n) is 3.34. The largest absolute Gasteiger partial charge is 0.380 e. The molecule has 104 valence electrons. The number of ether oxygens (including phenoxy) is 1. The van der Waals surface area contributed by atoms with Crippen molar-refractivity contribution < 1.29 is 4.74 Å². The quantitative estimate of drug-likeness (QED) is 0.872. The first kappa shape index (κ1) is 13.1. The molecule has 0 aromatic heterocycles. The molecule has 2 nitrogen and oxygen atoms in total. The molecule has 2 aliphatic carbocycles. The lowest BCUT2D eigenvalue weighted by molar-refractivity contribution is 0.0801. The maximum Gasteiger partial charge on any atom is 0.0724 e. The molecule has 3 atom stereocenters. The van der Waals surface area contributed by atoms with Gasteiger partial charge in [-0.05, 0) is 50.5 Å². The SMILES string of the molecule is COC1CCCC1NC(c1ccc(C)cc1)C1CC1. The highest BCUT2D eigenvalue weighted by atomic mass is 16.5. The zero-order valence-electron chi connectivity index (χ0n) is 12.1. The number of nitrogens with one attached hydrogen (secondary N) is 1. The monoisotopic (exact) mass is 259 g/mol.